The van der Waals surface area contributed by atoms with Gasteiger partial charge in [0.15, 0.2) is 5.69 Å². The van der Waals surface area contributed by atoms with Gasteiger partial charge in [0, 0.05) is 19.3 Å². The van der Waals surface area contributed by atoms with Gasteiger partial charge in [0.05, 0.1) is 6.04 Å². The number of carbonyl (C=O) groups is 1. The third-order valence-corrected chi connectivity index (χ3v) is 3.01. The average Bonchev–Trinajstić information content (AvgIpc) is 2.78. The molecule has 1 fully saturated rings. The van der Waals surface area contributed by atoms with E-state index in [1.807, 2.05) is 0 Å². The first-order valence-corrected chi connectivity index (χ1v) is 5.48. The Hall–Kier alpha value is -1.73. The molecule has 0 atom stereocenters. The van der Waals surface area contributed by atoms with Crippen molar-refractivity contribution in [1.82, 2.24) is 14.7 Å². The molecule has 2 rings (SSSR count). The summed E-state index contributed by atoms with van der Waals surface area (Å²) < 4.78 is 38.4. The van der Waals surface area contributed by atoms with Crippen molar-refractivity contribution in [3.8, 4) is 0 Å². The molecular weight excluding hydrogens is 251 g/mol. The number of likely N-dealkylation sites (tertiary alicyclic amines) is 1. The third kappa shape index (κ3) is 2.57. The summed E-state index contributed by atoms with van der Waals surface area (Å²) in [5.41, 5.74) is -0.914. The summed E-state index contributed by atoms with van der Waals surface area (Å²) in [5, 5.41) is 12.3. The summed E-state index contributed by atoms with van der Waals surface area (Å²) >= 11 is 0. The first kappa shape index (κ1) is 12.7. The Labute approximate surface area is 101 Å². The minimum Gasteiger partial charge on any atom is -0.465 e. The number of hydrogen-bond donors (Lipinski definition) is 1. The van der Waals surface area contributed by atoms with Crippen molar-refractivity contribution in [3.05, 3.63) is 18.0 Å². The molecule has 1 aromatic heterocycles. The molecule has 1 N–H and O–H groups in total. The van der Waals surface area contributed by atoms with Crippen molar-refractivity contribution in [1.29, 1.82) is 0 Å². The van der Waals surface area contributed by atoms with Crippen molar-refractivity contribution < 1.29 is 23.1 Å². The van der Waals surface area contributed by atoms with Crippen LogP contribution in [0.3, 0.4) is 0 Å². The normalized spacial score (nSPS) is 18.1. The lowest BCUT2D eigenvalue weighted by Gasteiger charge is -2.30. The molecule has 1 amide bonds. The van der Waals surface area contributed by atoms with Crippen LogP contribution >= 0.6 is 0 Å². The first-order chi connectivity index (χ1) is 8.38. The van der Waals surface area contributed by atoms with Gasteiger partial charge >= 0.3 is 12.3 Å². The van der Waals surface area contributed by atoms with Crippen LogP contribution in [0.1, 0.15) is 24.6 Å². The predicted octanol–water partition coefficient (Wildman–Crippen LogP) is 2.22. The van der Waals surface area contributed by atoms with Gasteiger partial charge in [-0.2, -0.15) is 18.3 Å². The Balaban J connectivity index is 2.02. The molecule has 0 aliphatic carbocycles. The van der Waals surface area contributed by atoms with Crippen LogP contribution in [0.4, 0.5) is 18.0 Å². The SMILES string of the molecule is O=C(O)N1CCC(n2ccc(C(F)(F)F)n2)CC1. The highest BCUT2D eigenvalue weighted by molar-refractivity contribution is 5.64. The Kier molecular flexibility index (Phi) is 3.18. The van der Waals surface area contributed by atoms with Gasteiger partial charge in [-0.05, 0) is 18.9 Å². The van der Waals surface area contributed by atoms with Crippen LogP contribution in [-0.4, -0.2) is 39.0 Å². The molecule has 1 aromatic rings. The Bertz CT molecular complexity index is 436. The second-order valence-corrected chi connectivity index (χ2v) is 4.18. The van der Waals surface area contributed by atoms with Crippen molar-refractivity contribution in [2.75, 3.05) is 13.1 Å². The fourth-order valence-corrected chi connectivity index (χ4v) is 2.01. The zero-order chi connectivity index (χ0) is 13.3. The second-order valence-electron chi connectivity index (χ2n) is 4.18. The van der Waals surface area contributed by atoms with Gasteiger partial charge in [0.2, 0.25) is 0 Å². The highest BCUT2D eigenvalue weighted by atomic mass is 19.4. The van der Waals surface area contributed by atoms with Crippen LogP contribution in [0.15, 0.2) is 12.3 Å². The summed E-state index contributed by atoms with van der Waals surface area (Å²) in [6, 6.07) is 0.764. The number of carboxylic acid groups (broad SMARTS) is 1. The third-order valence-electron chi connectivity index (χ3n) is 3.01. The molecule has 0 bridgehead atoms. The van der Waals surface area contributed by atoms with E-state index in [9.17, 15) is 18.0 Å². The van der Waals surface area contributed by atoms with Crippen LogP contribution in [-0.2, 0) is 6.18 Å². The average molecular weight is 263 g/mol. The topological polar surface area (TPSA) is 58.4 Å². The number of piperidine rings is 1. The molecule has 100 valence electrons. The molecule has 2 heterocycles. The summed E-state index contributed by atoms with van der Waals surface area (Å²) in [7, 11) is 0. The summed E-state index contributed by atoms with van der Waals surface area (Å²) in [4.78, 5) is 11.9. The molecule has 0 spiro atoms. The Morgan fingerprint density at radius 2 is 2.00 bits per heavy atom. The van der Waals surface area contributed by atoms with Gasteiger partial charge in [-0.25, -0.2) is 4.79 Å². The lowest BCUT2D eigenvalue weighted by Crippen LogP contribution is -2.38. The molecule has 18 heavy (non-hydrogen) atoms. The first-order valence-electron chi connectivity index (χ1n) is 5.48. The van der Waals surface area contributed by atoms with E-state index in [1.165, 1.54) is 15.8 Å². The lowest BCUT2D eigenvalue weighted by atomic mass is 10.1. The summed E-state index contributed by atoms with van der Waals surface area (Å²) in [6.07, 6.45) is -3.18. The molecular formula is C10H12F3N3O2. The van der Waals surface area contributed by atoms with Crippen molar-refractivity contribution in [3.63, 3.8) is 0 Å². The highest BCUT2D eigenvalue weighted by Crippen LogP contribution is 2.29. The molecule has 0 unspecified atom stereocenters. The number of aromatic nitrogens is 2. The molecule has 1 aliphatic rings. The van der Waals surface area contributed by atoms with E-state index in [-0.39, 0.29) is 6.04 Å². The quantitative estimate of drug-likeness (QED) is 0.845. The number of hydrogen-bond acceptors (Lipinski definition) is 2. The minimum absolute atomic E-state index is 0.170. The maximum Gasteiger partial charge on any atom is 0.435 e. The summed E-state index contributed by atoms with van der Waals surface area (Å²) in [6.45, 7) is 0.641. The molecule has 5 nitrogen and oxygen atoms in total. The van der Waals surface area contributed by atoms with E-state index < -0.39 is 18.0 Å². The van der Waals surface area contributed by atoms with E-state index in [1.54, 1.807) is 0 Å². The van der Waals surface area contributed by atoms with Gasteiger partial charge in [-0.1, -0.05) is 0 Å². The zero-order valence-electron chi connectivity index (χ0n) is 9.39. The van der Waals surface area contributed by atoms with Gasteiger partial charge in [-0.3, -0.25) is 4.68 Å². The maximum atomic E-state index is 12.4. The van der Waals surface area contributed by atoms with E-state index >= 15 is 0 Å². The van der Waals surface area contributed by atoms with E-state index in [2.05, 4.69) is 5.10 Å². The number of alkyl halides is 3. The standard InChI is InChI=1S/C10H12F3N3O2/c11-10(12,13)8-3-6-16(14-8)7-1-4-15(5-2-7)9(17)18/h3,6-7H,1-2,4-5H2,(H,17,18). The highest BCUT2D eigenvalue weighted by Gasteiger charge is 2.34. The maximum absolute atomic E-state index is 12.4. The molecule has 1 saturated heterocycles. The number of nitrogens with zero attached hydrogens (tertiary/aromatic N) is 3. The summed E-state index contributed by atoms with van der Waals surface area (Å²) in [5.74, 6) is 0. The minimum atomic E-state index is -4.44. The Morgan fingerprint density at radius 1 is 1.39 bits per heavy atom. The molecule has 0 radical (unpaired) electrons. The van der Waals surface area contributed by atoms with Gasteiger partial charge in [0.1, 0.15) is 0 Å². The number of halogens is 3. The van der Waals surface area contributed by atoms with Crippen LogP contribution in [0.5, 0.6) is 0 Å². The molecule has 8 heteroatoms. The van der Waals surface area contributed by atoms with E-state index in [0.717, 1.165) is 6.07 Å². The Morgan fingerprint density at radius 3 is 2.44 bits per heavy atom. The van der Waals surface area contributed by atoms with Crippen molar-refractivity contribution in [2.24, 2.45) is 0 Å². The molecule has 1 aliphatic heterocycles. The lowest BCUT2D eigenvalue weighted by molar-refractivity contribution is -0.141. The molecule has 0 saturated carbocycles. The van der Waals surface area contributed by atoms with E-state index in [0.29, 0.717) is 25.9 Å². The smallest absolute Gasteiger partial charge is 0.435 e. The van der Waals surface area contributed by atoms with E-state index in [4.69, 9.17) is 5.11 Å². The largest absolute Gasteiger partial charge is 0.465 e. The zero-order valence-corrected chi connectivity index (χ0v) is 9.39. The number of amides is 1. The van der Waals surface area contributed by atoms with Gasteiger partial charge in [-0.15, -0.1) is 0 Å². The van der Waals surface area contributed by atoms with Crippen LogP contribution in [0.2, 0.25) is 0 Å². The monoisotopic (exact) mass is 263 g/mol. The fraction of sp³-hybridized carbons (Fsp3) is 0.600. The van der Waals surface area contributed by atoms with Gasteiger partial charge < -0.3 is 10.0 Å². The fourth-order valence-electron chi connectivity index (χ4n) is 2.01. The second kappa shape index (κ2) is 4.51. The van der Waals surface area contributed by atoms with Crippen molar-refractivity contribution in [2.45, 2.75) is 25.1 Å². The molecule has 0 aromatic carbocycles. The van der Waals surface area contributed by atoms with Crippen LogP contribution < -0.4 is 0 Å². The van der Waals surface area contributed by atoms with Crippen molar-refractivity contribution >= 4 is 6.09 Å². The van der Waals surface area contributed by atoms with Gasteiger partial charge in [0.25, 0.3) is 0 Å². The predicted molar refractivity (Wildman–Crippen MR) is 55.1 cm³/mol. The van der Waals surface area contributed by atoms with Crippen LogP contribution in [0.25, 0.3) is 0 Å². The van der Waals surface area contributed by atoms with Crippen LogP contribution in [0, 0.1) is 0 Å². The number of rotatable bonds is 1.